The van der Waals surface area contributed by atoms with Crippen LogP contribution >= 0.6 is 22.7 Å². The third-order valence-corrected chi connectivity index (χ3v) is 5.66. The van der Waals surface area contributed by atoms with Crippen molar-refractivity contribution >= 4 is 37.8 Å². The Labute approximate surface area is 112 Å². The Bertz CT molecular complexity index is 606. The second kappa shape index (κ2) is 5.26. The molecule has 98 valence electrons. The van der Waals surface area contributed by atoms with E-state index in [1.54, 1.807) is 6.20 Å². The lowest BCUT2D eigenvalue weighted by atomic mass is 10.2. The Morgan fingerprint density at radius 2 is 2.28 bits per heavy atom. The lowest BCUT2D eigenvalue weighted by Gasteiger charge is -2.08. The second-order valence-electron chi connectivity index (χ2n) is 3.53. The van der Waals surface area contributed by atoms with Gasteiger partial charge in [0.25, 0.3) is 10.0 Å². The molecule has 0 spiro atoms. The van der Waals surface area contributed by atoms with Crippen LogP contribution in [0.2, 0.25) is 0 Å². The van der Waals surface area contributed by atoms with E-state index in [9.17, 15) is 8.42 Å². The van der Waals surface area contributed by atoms with Crippen molar-refractivity contribution in [1.29, 1.82) is 0 Å². The van der Waals surface area contributed by atoms with E-state index in [2.05, 4.69) is 19.9 Å². The third-order valence-electron chi connectivity index (χ3n) is 2.10. The maximum Gasteiger partial charge on any atom is 0.269 e. The molecular formula is C8H11N5O2S3. The third kappa shape index (κ3) is 3.02. The Kier molecular flexibility index (Phi) is 3.90. The molecule has 0 radical (unpaired) electrons. The van der Waals surface area contributed by atoms with Gasteiger partial charge in [0.05, 0.1) is 5.01 Å². The Morgan fingerprint density at radius 3 is 2.83 bits per heavy atom. The Hall–Kier alpha value is -1.10. The maximum atomic E-state index is 11.8. The van der Waals surface area contributed by atoms with E-state index in [0.717, 1.165) is 16.3 Å². The highest BCUT2D eigenvalue weighted by atomic mass is 32.2. The van der Waals surface area contributed by atoms with E-state index < -0.39 is 10.0 Å². The zero-order chi connectivity index (χ0) is 13.2. The van der Waals surface area contributed by atoms with Gasteiger partial charge in [0.15, 0.2) is 0 Å². The summed E-state index contributed by atoms with van der Waals surface area (Å²) in [6.07, 6.45) is 1.69. The van der Waals surface area contributed by atoms with Crippen molar-refractivity contribution in [3.05, 3.63) is 16.6 Å². The van der Waals surface area contributed by atoms with Crippen molar-refractivity contribution in [2.24, 2.45) is 0 Å². The fourth-order valence-electron chi connectivity index (χ4n) is 1.19. The highest BCUT2D eigenvalue weighted by Crippen LogP contribution is 2.19. The number of sulfonamides is 1. The normalized spacial score (nSPS) is 13.6. The van der Waals surface area contributed by atoms with E-state index in [0.29, 0.717) is 0 Å². The molecule has 2 heterocycles. The summed E-state index contributed by atoms with van der Waals surface area (Å²) in [5, 5.41) is 9.85. The lowest BCUT2D eigenvalue weighted by molar-refractivity contribution is 0.572. The van der Waals surface area contributed by atoms with Crippen molar-refractivity contribution in [3.63, 3.8) is 0 Å². The summed E-state index contributed by atoms with van der Waals surface area (Å²) in [5.41, 5.74) is 5.35. The number of hydrogen-bond acceptors (Lipinski definition) is 8. The zero-order valence-corrected chi connectivity index (χ0v) is 11.8. The van der Waals surface area contributed by atoms with E-state index in [1.165, 1.54) is 11.3 Å². The van der Waals surface area contributed by atoms with E-state index >= 15 is 0 Å². The van der Waals surface area contributed by atoms with Crippen LogP contribution in [0.25, 0.3) is 0 Å². The van der Waals surface area contributed by atoms with Crippen LogP contribution in [0, 0.1) is 0 Å². The van der Waals surface area contributed by atoms with Crippen LogP contribution in [0.5, 0.6) is 0 Å². The molecule has 0 saturated carbocycles. The molecule has 0 saturated heterocycles. The predicted octanol–water partition coefficient (Wildman–Crippen LogP) is 0.659. The minimum Gasteiger partial charge on any atom is -0.374 e. The largest absolute Gasteiger partial charge is 0.374 e. The summed E-state index contributed by atoms with van der Waals surface area (Å²) in [5.74, 6) is 0.00467. The number of hydrogen-bond donors (Lipinski definition) is 2. The van der Waals surface area contributed by atoms with Crippen molar-refractivity contribution in [1.82, 2.24) is 19.9 Å². The summed E-state index contributed by atoms with van der Waals surface area (Å²) >= 11 is 2.33. The van der Waals surface area contributed by atoms with Crippen LogP contribution in [0.15, 0.2) is 15.9 Å². The molecule has 2 aromatic rings. The van der Waals surface area contributed by atoms with Gasteiger partial charge in [-0.3, -0.25) is 0 Å². The average Bonchev–Trinajstić information content (AvgIpc) is 2.96. The summed E-state index contributed by atoms with van der Waals surface area (Å²) < 4.78 is 26.0. The van der Waals surface area contributed by atoms with Crippen LogP contribution in [-0.4, -0.2) is 30.1 Å². The Balaban J connectivity index is 2.02. The highest BCUT2D eigenvalue weighted by Gasteiger charge is 2.21. The van der Waals surface area contributed by atoms with E-state index in [4.69, 9.17) is 5.73 Å². The van der Waals surface area contributed by atoms with Crippen LogP contribution in [0.1, 0.15) is 17.8 Å². The van der Waals surface area contributed by atoms with Gasteiger partial charge < -0.3 is 5.73 Å². The monoisotopic (exact) mass is 305 g/mol. The minimum atomic E-state index is -3.63. The molecule has 1 atom stereocenters. The Morgan fingerprint density at radius 1 is 1.50 bits per heavy atom. The zero-order valence-electron chi connectivity index (χ0n) is 9.40. The van der Waals surface area contributed by atoms with Gasteiger partial charge in [-0.15, -0.1) is 21.5 Å². The first kappa shape index (κ1) is 13.3. The fraction of sp³-hybridized carbons (Fsp3) is 0.375. The molecule has 2 aromatic heterocycles. The predicted molar refractivity (Wildman–Crippen MR) is 70.0 cm³/mol. The molecular weight excluding hydrogens is 294 g/mol. The van der Waals surface area contributed by atoms with Gasteiger partial charge >= 0.3 is 0 Å². The molecule has 0 aliphatic rings. The first-order chi connectivity index (χ1) is 8.49. The topological polar surface area (TPSA) is 111 Å². The lowest BCUT2D eigenvalue weighted by Crippen LogP contribution is -2.27. The van der Waals surface area contributed by atoms with Gasteiger partial charge in [-0.05, 0) is 0 Å². The molecule has 2 rings (SSSR count). The molecule has 18 heavy (non-hydrogen) atoms. The van der Waals surface area contributed by atoms with Gasteiger partial charge in [0.2, 0.25) is 9.47 Å². The molecule has 0 amide bonds. The number of nitrogens with two attached hydrogens (primary N) is 1. The van der Waals surface area contributed by atoms with E-state index in [1.807, 2.05) is 12.3 Å². The summed E-state index contributed by atoms with van der Waals surface area (Å²) in [6.45, 7) is 2.16. The van der Waals surface area contributed by atoms with Crippen LogP contribution < -0.4 is 10.5 Å². The molecule has 0 aromatic carbocycles. The molecule has 10 heteroatoms. The summed E-state index contributed by atoms with van der Waals surface area (Å²) in [6, 6.07) is 0. The first-order valence-electron chi connectivity index (χ1n) is 4.97. The van der Waals surface area contributed by atoms with Gasteiger partial charge in [-0.2, -0.15) is 0 Å². The molecule has 3 N–H and O–H groups in total. The first-order valence-corrected chi connectivity index (χ1v) is 8.15. The fourth-order valence-corrected chi connectivity index (χ4v) is 3.84. The summed E-state index contributed by atoms with van der Waals surface area (Å²) in [7, 11) is -3.63. The minimum absolute atomic E-state index is 0.00467. The van der Waals surface area contributed by atoms with Gasteiger partial charge in [-0.1, -0.05) is 18.3 Å². The van der Waals surface area contributed by atoms with E-state index in [-0.39, 0.29) is 21.9 Å². The number of anilines is 1. The van der Waals surface area contributed by atoms with Crippen molar-refractivity contribution < 1.29 is 8.42 Å². The number of aromatic nitrogens is 3. The standard InChI is InChI=1S/C8H11N5O2S3/c1-5(6-10-2-3-16-6)4-11-18(14,15)8-13-12-7(9)17-8/h2-3,5,11H,4H2,1H3,(H2,9,12). The van der Waals surface area contributed by atoms with Crippen LogP contribution in [0.4, 0.5) is 5.13 Å². The molecule has 0 aliphatic carbocycles. The smallest absolute Gasteiger partial charge is 0.269 e. The number of thiazole rings is 1. The molecule has 7 nitrogen and oxygen atoms in total. The molecule has 0 aliphatic heterocycles. The van der Waals surface area contributed by atoms with Crippen molar-refractivity contribution in [2.75, 3.05) is 12.3 Å². The number of nitrogen functional groups attached to an aromatic ring is 1. The summed E-state index contributed by atoms with van der Waals surface area (Å²) in [4.78, 5) is 4.13. The molecule has 0 bridgehead atoms. The number of nitrogens with zero attached hydrogens (tertiary/aromatic N) is 3. The van der Waals surface area contributed by atoms with Gasteiger partial charge in [0.1, 0.15) is 0 Å². The quantitative estimate of drug-likeness (QED) is 0.839. The second-order valence-corrected chi connectivity index (χ2v) is 7.41. The SMILES string of the molecule is CC(CNS(=O)(=O)c1nnc(N)s1)c1nccs1. The molecule has 1 unspecified atom stereocenters. The molecule has 0 fully saturated rings. The maximum absolute atomic E-state index is 11.8. The number of rotatable bonds is 5. The van der Waals surface area contributed by atoms with Crippen molar-refractivity contribution in [3.8, 4) is 0 Å². The van der Waals surface area contributed by atoms with Gasteiger partial charge in [0, 0.05) is 24.0 Å². The van der Waals surface area contributed by atoms with Gasteiger partial charge in [-0.25, -0.2) is 18.1 Å². The van der Waals surface area contributed by atoms with Crippen LogP contribution in [-0.2, 0) is 10.0 Å². The number of nitrogens with one attached hydrogen (secondary N) is 1. The van der Waals surface area contributed by atoms with Crippen molar-refractivity contribution in [2.45, 2.75) is 17.2 Å². The van der Waals surface area contributed by atoms with Crippen LogP contribution in [0.3, 0.4) is 0 Å². The highest BCUT2D eigenvalue weighted by molar-refractivity contribution is 7.91. The average molecular weight is 305 g/mol.